The van der Waals surface area contributed by atoms with Crippen molar-refractivity contribution in [3.05, 3.63) is 12.7 Å². The van der Waals surface area contributed by atoms with Crippen LogP contribution in [0.25, 0.3) is 0 Å². The monoisotopic (exact) mass is 170 g/mol. The molecule has 0 amide bonds. The van der Waals surface area contributed by atoms with Crippen LogP contribution in [0.15, 0.2) is 12.7 Å². The van der Waals surface area contributed by atoms with Crippen molar-refractivity contribution >= 4 is 5.78 Å². The van der Waals surface area contributed by atoms with Crippen LogP contribution < -0.4 is 0 Å². The van der Waals surface area contributed by atoms with Gasteiger partial charge < -0.3 is 9.84 Å². The molecule has 0 aromatic rings. The van der Waals surface area contributed by atoms with Crippen LogP contribution in [0.4, 0.5) is 0 Å². The molecule has 0 aliphatic carbocycles. The van der Waals surface area contributed by atoms with Crippen LogP contribution in [0.2, 0.25) is 0 Å². The number of hydrogen-bond donors (Lipinski definition) is 1. The maximum absolute atomic E-state index is 11.4. The first-order valence-electron chi connectivity index (χ1n) is 4.10. The van der Waals surface area contributed by atoms with Crippen LogP contribution in [0.1, 0.15) is 13.3 Å². The third-order valence-electron chi connectivity index (χ3n) is 2.63. The van der Waals surface area contributed by atoms with Crippen molar-refractivity contribution in [2.75, 3.05) is 13.2 Å². The summed E-state index contributed by atoms with van der Waals surface area (Å²) in [5.74, 6) is -0.0182. The summed E-state index contributed by atoms with van der Waals surface area (Å²) in [4.78, 5) is 11.4. The van der Waals surface area contributed by atoms with Gasteiger partial charge in [-0.05, 0) is 12.5 Å². The summed E-state index contributed by atoms with van der Waals surface area (Å²) in [5.41, 5.74) is -0.490. The number of carbonyl (C=O) groups excluding carboxylic acids is 1. The smallest absolute Gasteiger partial charge is 0.166 e. The predicted molar refractivity (Wildman–Crippen MR) is 44.8 cm³/mol. The number of aliphatic hydroxyl groups is 1. The number of rotatable bonds is 4. The summed E-state index contributed by atoms with van der Waals surface area (Å²) >= 11 is 0. The molecule has 1 aliphatic heterocycles. The highest BCUT2D eigenvalue weighted by Crippen LogP contribution is 2.39. The van der Waals surface area contributed by atoms with Crippen molar-refractivity contribution in [3.8, 4) is 0 Å². The van der Waals surface area contributed by atoms with Crippen molar-refractivity contribution in [2.24, 2.45) is 5.41 Å². The Balaban J connectivity index is 2.76. The Hall–Kier alpha value is -0.670. The van der Waals surface area contributed by atoms with Gasteiger partial charge in [-0.3, -0.25) is 4.79 Å². The predicted octanol–water partition coefficient (Wildman–Crippen LogP) is 0.529. The number of aliphatic hydroxyl groups excluding tert-OH is 1. The highest BCUT2D eigenvalue weighted by atomic mass is 16.5. The standard InChI is InChI=1S/C9H14O3/c1-3-7(11)9(4-2)6-12-8(9)5-10/h3,8,10H,1,4-6H2,2H3. The normalized spacial score (nSPS) is 34.0. The van der Waals surface area contributed by atoms with Crippen LogP contribution in [-0.4, -0.2) is 30.2 Å². The van der Waals surface area contributed by atoms with Gasteiger partial charge in [0.05, 0.1) is 24.7 Å². The van der Waals surface area contributed by atoms with E-state index in [2.05, 4.69) is 6.58 Å². The lowest BCUT2D eigenvalue weighted by Crippen LogP contribution is -2.57. The van der Waals surface area contributed by atoms with E-state index in [1.165, 1.54) is 6.08 Å². The molecule has 0 spiro atoms. The number of ether oxygens (including phenoxy) is 1. The van der Waals surface area contributed by atoms with Gasteiger partial charge >= 0.3 is 0 Å². The zero-order valence-electron chi connectivity index (χ0n) is 7.25. The van der Waals surface area contributed by atoms with Gasteiger partial charge in [0.15, 0.2) is 5.78 Å². The Morgan fingerprint density at radius 3 is 2.83 bits per heavy atom. The first-order chi connectivity index (χ1) is 5.71. The molecule has 2 atom stereocenters. The molecular weight excluding hydrogens is 156 g/mol. The summed E-state index contributed by atoms with van der Waals surface area (Å²) in [6.07, 6.45) is 1.69. The summed E-state index contributed by atoms with van der Waals surface area (Å²) in [5, 5.41) is 8.89. The van der Waals surface area contributed by atoms with Gasteiger partial charge in [-0.1, -0.05) is 13.5 Å². The maximum atomic E-state index is 11.4. The second kappa shape index (κ2) is 3.37. The Kier molecular flexibility index (Phi) is 2.65. The van der Waals surface area contributed by atoms with Gasteiger partial charge in [-0.25, -0.2) is 0 Å². The molecule has 1 saturated heterocycles. The van der Waals surface area contributed by atoms with Crippen LogP contribution in [0.5, 0.6) is 0 Å². The third-order valence-corrected chi connectivity index (χ3v) is 2.63. The molecule has 0 aromatic heterocycles. The summed E-state index contributed by atoms with van der Waals surface area (Å²) in [7, 11) is 0. The van der Waals surface area contributed by atoms with E-state index in [-0.39, 0.29) is 18.5 Å². The molecule has 12 heavy (non-hydrogen) atoms. The van der Waals surface area contributed by atoms with Crippen molar-refractivity contribution in [1.29, 1.82) is 0 Å². The molecule has 3 heteroatoms. The molecular formula is C9H14O3. The first kappa shape index (κ1) is 9.42. The highest BCUT2D eigenvalue weighted by Gasteiger charge is 2.51. The van der Waals surface area contributed by atoms with Crippen LogP contribution in [0.3, 0.4) is 0 Å². The summed E-state index contributed by atoms with van der Waals surface area (Å²) < 4.78 is 5.09. The molecule has 0 saturated carbocycles. The minimum atomic E-state index is -0.490. The molecule has 0 bridgehead atoms. The Morgan fingerprint density at radius 1 is 1.92 bits per heavy atom. The van der Waals surface area contributed by atoms with Gasteiger partial charge in [0, 0.05) is 0 Å². The lowest BCUT2D eigenvalue weighted by Gasteiger charge is -2.46. The van der Waals surface area contributed by atoms with Gasteiger partial charge in [-0.15, -0.1) is 0 Å². The van der Waals surface area contributed by atoms with E-state index < -0.39 is 5.41 Å². The number of allylic oxidation sites excluding steroid dienone is 1. The molecule has 0 aromatic carbocycles. The first-order valence-corrected chi connectivity index (χ1v) is 4.10. The van der Waals surface area contributed by atoms with Crippen molar-refractivity contribution in [3.63, 3.8) is 0 Å². The van der Waals surface area contributed by atoms with Gasteiger partial charge in [0.25, 0.3) is 0 Å². The SMILES string of the molecule is C=CC(=O)C1(CC)COC1CO. The van der Waals surface area contributed by atoms with Crippen LogP contribution >= 0.6 is 0 Å². The summed E-state index contributed by atoms with van der Waals surface area (Å²) in [6, 6.07) is 0. The number of ketones is 1. The Bertz CT molecular complexity index is 194. The van der Waals surface area contributed by atoms with E-state index in [0.717, 1.165) is 0 Å². The molecule has 1 fully saturated rings. The molecule has 3 nitrogen and oxygen atoms in total. The van der Waals surface area contributed by atoms with Crippen molar-refractivity contribution in [1.82, 2.24) is 0 Å². The van der Waals surface area contributed by atoms with Gasteiger partial charge in [-0.2, -0.15) is 0 Å². The summed E-state index contributed by atoms with van der Waals surface area (Å²) in [6.45, 7) is 5.69. The highest BCUT2D eigenvalue weighted by molar-refractivity contribution is 5.95. The lowest BCUT2D eigenvalue weighted by atomic mass is 9.72. The Labute approximate surface area is 72.0 Å². The number of hydrogen-bond acceptors (Lipinski definition) is 3. The second-order valence-electron chi connectivity index (χ2n) is 3.06. The zero-order chi connectivity index (χ0) is 9.19. The topological polar surface area (TPSA) is 46.5 Å². The molecule has 0 radical (unpaired) electrons. The number of carbonyl (C=O) groups is 1. The molecule has 1 heterocycles. The fourth-order valence-corrected chi connectivity index (χ4v) is 1.57. The van der Waals surface area contributed by atoms with Gasteiger partial charge in [0.1, 0.15) is 0 Å². The fraction of sp³-hybridized carbons (Fsp3) is 0.667. The van der Waals surface area contributed by atoms with Crippen LogP contribution in [0, 0.1) is 5.41 Å². The van der Waals surface area contributed by atoms with E-state index >= 15 is 0 Å². The largest absolute Gasteiger partial charge is 0.394 e. The van der Waals surface area contributed by atoms with Crippen LogP contribution in [-0.2, 0) is 9.53 Å². The van der Waals surface area contributed by atoms with E-state index in [1.807, 2.05) is 6.92 Å². The average Bonchev–Trinajstić information content (AvgIpc) is 2.05. The Morgan fingerprint density at radius 2 is 2.58 bits per heavy atom. The van der Waals surface area contributed by atoms with E-state index in [1.54, 1.807) is 0 Å². The molecule has 1 N–H and O–H groups in total. The quantitative estimate of drug-likeness (QED) is 0.626. The minimum Gasteiger partial charge on any atom is -0.394 e. The van der Waals surface area contributed by atoms with E-state index in [0.29, 0.717) is 13.0 Å². The average molecular weight is 170 g/mol. The third kappa shape index (κ3) is 1.09. The minimum absolute atomic E-state index is 0.0182. The zero-order valence-corrected chi connectivity index (χ0v) is 7.25. The van der Waals surface area contributed by atoms with Crippen molar-refractivity contribution in [2.45, 2.75) is 19.4 Å². The molecule has 2 unspecified atom stereocenters. The molecule has 68 valence electrons. The molecule has 1 rings (SSSR count). The van der Waals surface area contributed by atoms with Gasteiger partial charge in [0.2, 0.25) is 0 Å². The van der Waals surface area contributed by atoms with Crippen molar-refractivity contribution < 1.29 is 14.6 Å². The van der Waals surface area contributed by atoms with E-state index in [9.17, 15) is 4.79 Å². The van der Waals surface area contributed by atoms with E-state index in [4.69, 9.17) is 9.84 Å². The second-order valence-corrected chi connectivity index (χ2v) is 3.06. The maximum Gasteiger partial charge on any atom is 0.166 e. The lowest BCUT2D eigenvalue weighted by molar-refractivity contribution is -0.201. The molecule has 1 aliphatic rings. The fourth-order valence-electron chi connectivity index (χ4n) is 1.57.